The highest BCUT2D eigenvalue weighted by Crippen LogP contribution is 2.76. The molecule has 4 heteroatoms. The van der Waals surface area contributed by atoms with Crippen molar-refractivity contribution in [3.8, 4) is 5.75 Å². The molecule has 4 heterocycles. The molecule has 6 atom stereocenters. The molecule has 1 aromatic carbocycles. The van der Waals surface area contributed by atoms with Crippen LogP contribution in [0.4, 0.5) is 0 Å². The van der Waals surface area contributed by atoms with Crippen molar-refractivity contribution in [2.75, 3.05) is 7.11 Å². The Balaban J connectivity index is 1.65. The van der Waals surface area contributed by atoms with E-state index in [-0.39, 0.29) is 35.6 Å². The summed E-state index contributed by atoms with van der Waals surface area (Å²) >= 11 is 0. The van der Waals surface area contributed by atoms with Gasteiger partial charge >= 0.3 is 0 Å². The second kappa shape index (κ2) is 3.69. The maximum Gasteiger partial charge on any atom is 0.171 e. The Labute approximate surface area is 129 Å². The van der Waals surface area contributed by atoms with Crippen molar-refractivity contribution in [1.82, 2.24) is 0 Å². The summed E-state index contributed by atoms with van der Waals surface area (Å²) in [6.07, 6.45) is 5.77. The van der Waals surface area contributed by atoms with Crippen LogP contribution in [0.2, 0.25) is 0 Å². The van der Waals surface area contributed by atoms with Crippen LogP contribution in [0.3, 0.4) is 0 Å². The Bertz CT molecular complexity index is 673. The van der Waals surface area contributed by atoms with Gasteiger partial charge in [-0.2, -0.15) is 0 Å². The van der Waals surface area contributed by atoms with Gasteiger partial charge in [-0.15, -0.1) is 0 Å². The Morgan fingerprint density at radius 1 is 1.14 bits per heavy atom. The first kappa shape index (κ1) is 12.3. The summed E-state index contributed by atoms with van der Waals surface area (Å²) in [5, 5.41) is 0. The van der Waals surface area contributed by atoms with Crippen LogP contribution in [0.1, 0.15) is 55.3 Å². The van der Waals surface area contributed by atoms with Crippen LogP contribution in [0.15, 0.2) is 18.2 Å². The number of rotatable bonds is 1. The molecule has 1 aromatic rings. The molecule has 3 saturated heterocycles. The quantitative estimate of drug-likeness (QED) is 0.797. The molecule has 0 N–H and O–H groups in total. The molecule has 6 aliphatic rings. The molecule has 5 bridgehead atoms. The zero-order chi connectivity index (χ0) is 14.5. The smallest absolute Gasteiger partial charge is 0.171 e. The summed E-state index contributed by atoms with van der Waals surface area (Å²) < 4.78 is 24.5. The Morgan fingerprint density at radius 3 is 2.95 bits per heavy atom. The number of ether oxygens (including phenoxy) is 4. The molecular weight excluding hydrogens is 280 g/mol. The first-order valence-electron chi connectivity index (χ1n) is 8.44. The third kappa shape index (κ3) is 1.11. The summed E-state index contributed by atoms with van der Waals surface area (Å²) in [6, 6.07) is 6.45. The highest BCUT2D eigenvalue weighted by molar-refractivity contribution is 5.49. The number of benzene rings is 1. The van der Waals surface area contributed by atoms with Gasteiger partial charge in [-0.05, 0) is 36.1 Å². The molecule has 1 unspecified atom stereocenters. The van der Waals surface area contributed by atoms with Crippen molar-refractivity contribution < 1.29 is 18.9 Å². The molecule has 22 heavy (non-hydrogen) atoms. The monoisotopic (exact) mass is 300 g/mol. The number of methoxy groups -OCH3 is 1. The first-order valence-corrected chi connectivity index (χ1v) is 8.44. The molecule has 1 saturated carbocycles. The van der Waals surface area contributed by atoms with Crippen LogP contribution >= 0.6 is 0 Å². The van der Waals surface area contributed by atoms with Crippen LogP contribution in [0.5, 0.6) is 5.75 Å². The predicted octanol–water partition coefficient (Wildman–Crippen LogP) is 3.27. The lowest BCUT2D eigenvalue weighted by Crippen LogP contribution is -2.66. The van der Waals surface area contributed by atoms with Crippen LogP contribution in [-0.4, -0.2) is 25.3 Å². The summed E-state index contributed by atoms with van der Waals surface area (Å²) in [5.74, 6) is 1.14. The van der Waals surface area contributed by atoms with E-state index in [9.17, 15) is 0 Å². The molecule has 4 fully saturated rings. The van der Waals surface area contributed by atoms with Crippen molar-refractivity contribution in [3.05, 3.63) is 29.3 Å². The summed E-state index contributed by atoms with van der Waals surface area (Å²) in [6.45, 7) is 0. The van der Waals surface area contributed by atoms with E-state index < -0.39 is 0 Å². The molecule has 2 aliphatic carbocycles. The van der Waals surface area contributed by atoms with E-state index in [2.05, 4.69) is 18.2 Å². The lowest BCUT2D eigenvalue weighted by molar-refractivity contribution is -0.386. The Morgan fingerprint density at radius 2 is 2.05 bits per heavy atom. The summed E-state index contributed by atoms with van der Waals surface area (Å²) in [7, 11) is 1.73. The fourth-order valence-electron chi connectivity index (χ4n) is 6.17. The Hall–Kier alpha value is -1.10. The summed E-state index contributed by atoms with van der Waals surface area (Å²) in [4.78, 5) is 0. The lowest BCUT2D eigenvalue weighted by Gasteiger charge is -2.64. The van der Waals surface area contributed by atoms with Gasteiger partial charge in [-0.1, -0.05) is 18.9 Å². The van der Waals surface area contributed by atoms with Gasteiger partial charge in [0.1, 0.15) is 5.75 Å². The zero-order valence-corrected chi connectivity index (χ0v) is 12.7. The average molecular weight is 300 g/mol. The van der Waals surface area contributed by atoms with Gasteiger partial charge in [0.05, 0.1) is 24.7 Å². The van der Waals surface area contributed by atoms with Crippen LogP contribution in [0, 0.1) is 5.41 Å². The van der Waals surface area contributed by atoms with Gasteiger partial charge in [-0.25, -0.2) is 0 Å². The number of hydrogen-bond acceptors (Lipinski definition) is 4. The Kier molecular flexibility index (Phi) is 2.07. The van der Waals surface area contributed by atoms with E-state index in [1.807, 2.05) is 0 Å². The van der Waals surface area contributed by atoms with Gasteiger partial charge < -0.3 is 18.9 Å². The molecule has 4 nitrogen and oxygen atoms in total. The molecule has 4 aliphatic heterocycles. The third-order valence-electron chi connectivity index (χ3n) is 6.88. The highest BCUT2D eigenvalue weighted by atomic mass is 16.8. The minimum absolute atomic E-state index is 0.0522. The third-order valence-corrected chi connectivity index (χ3v) is 6.88. The minimum atomic E-state index is -0.127. The molecule has 0 radical (unpaired) electrons. The van der Waals surface area contributed by atoms with E-state index >= 15 is 0 Å². The maximum atomic E-state index is 6.53. The fraction of sp³-hybridized carbons (Fsp3) is 0.667. The van der Waals surface area contributed by atoms with Crippen molar-refractivity contribution in [3.63, 3.8) is 0 Å². The maximum absolute atomic E-state index is 6.53. The number of fused-ring (bicyclic) bond motifs is 1. The topological polar surface area (TPSA) is 36.9 Å². The van der Waals surface area contributed by atoms with E-state index in [1.165, 1.54) is 30.4 Å². The van der Waals surface area contributed by atoms with Gasteiger partial charge in [0.15, 0.2) is 12.6 Å². The first-order chi connectivity index (χ1) is 10.8. The zero-order valence-electron chi connectivity index (χ0n) is 12.7. The molecular formula is C18H20O4. The molecule has 7 rings (SSSR count). The van der Waals surface area contributed by atoms with E-state index in [4.69, 9.17) is 18.9 Å². The minimum Gasteiger partial charge on any atom is -0.497 e. The highest BCUT2D eigenvalue weighted by Gasteiger charge is 2.77. The largest absolute Gasteiger partial charge is 0.497 e. The van der Waals surface area contributed by atoms with Gasteiger partial charge in [0.2, 0.25) is 0 Å². The molecule has 1 spiro atoms. The summed E-state index contributed by atoms with van der Waals surface area (Å²) in [5.41, 5.74) is 2.73. The van der Waals surface area contributed by atoms with Crippen LogP contribution in [-0.2, 0) is 14.2 Å². The fourth-order valence-corrected chi connectivity index (χ4v) is 6.17. The molecule has 0 amide bonds. The van der Waals surface area contributed by atoms with E-state index in [0.29, 0.717) is 0 Å². The van der Waals surface area contributed by atoms with Crippen molar-refractivity contribution in [2.45, 2.75) is 62.3 Å². The van der Waals surface area contributed by atoms with Crippen LogP contribution < -0.4 is 4.74 Å². The molecule has 116 valence electrons. The number of hydrogen-bond donors (Lipinski definition) is 0. The van der Waals surface area contributed by atoms with E-state index in [0.717, 1.165) is 18.6 Å². The normalized spacial score (nSPS) is 49.9. The van der Waals surface area contributed by atoms with Gasteiger partial charge in [0.25, 0.3) is 0 Å². The van der Waals surface area contributed by atoms with Gasteiger partial charge in [-0.3, -0.25) is 0 Å². The predicted molar refractivity (Wildman–Crippen MR) is 77.6 cm³/mol. The SMILES string of the molecule is COc1ccc2c(c1)[C@@H]1O[C@H]3OC4C[C@]15CCCC[C@@]5(O4)[C@@H]23. The average Bonchev–Trinajstić information content (AvgIpc) is 2.78. The lowest BCUT2D eigenvalue weighted by atomic mass is 9.49. The molecule has 0 aromatic heterocycles. The second-order valence-corrected chi connectivity index (χ2v) is 7.50. The van der Waals surface area contributed by atoms with Gasteiger partial charge in [0, 0.05) is 11.8 Å². The second-order valence-electron chi connectivity index (χ2n) is 7.50. The standard InChI is InChI=1S/C18H20O4/c1-19-10-4-5-11-12(8-10)15-17-6-2-3-7-18(17)14(11)16(21-15)20-13(9-17)22-18/h4-5,8,13-16H,2-3,6-7,9H2,1H3/t13?,14-,15-,16+,17+,18+/m0/s1. The van der Waals surface area contributed by atoms with E-state index in [1.54, 1.807) is 7.11 Å². The van der Waals surface area contributed by atoms with Crippen molar-refractivity contribution in [2.24, 2.45) is 5.41 Å². The van der Waals surface area contributed by atoms with Crippen molar-refractivity contribution in [1.29, 1.82) is 0 Å². The van der Waals surface area contributed by atoms with Crippen molar-refractivity contribution >= 4 is 0 Å². The van der Waals surface area contributed by atoms with Crippen LogP contribution in [0.25, 0.3) is 0 Å².